The van der Waals surface area contributed by atoms with Crippen LogP contribution in [-0.4, -0.2) is 11.0 Å². The Kier molecular flexibility index (Phi) is 4.76. The van der Waals surface area contributed by atoms with Crippen molar-refractivity contribution >= 4 is 11.8 Å². The molecule has 0 aliphatic carbocycles. The number of isocyanates is 1. The maximum Gasteiger partial charge on any atom is 0.272 e. The number of nitrogens with zero attached hydrogens (tertiary/aromatic N) is 1. The van der Waals surface area contributed by atoms with Crippen LogP contribution in [0.2, 0.25) is 0 Å². The zero-order chi connectivity index (χ0) is 10.3. The number of aryl methyl sites for hydroxylation is 1. The van der Waals surface area contributed by atoms with E-state index in [-0.39, 0.29) is 10.6 Å². The third-order valence-corrected chi connectivity index (χ3v) is 1.31. The van der Waals surface area contributed by atoms with Gasteiger partial charge in [0, 0.05) is 11.6 Å². The number of nitro groups is 1. The number of para-hydroxylation sites is 1. The minimum Gasteiger partial charge on any atom is -0.258 e. The minimum absolute atomic E-state index is 0.183. The topological polar surface area (TPSA) is 84.1 Å². The van der Waals surface area contributed by atoms with Crippen LogP contribution < -0.4 is 0 Å². The van der Waals surface area contributed by atoms with Crippen LogP contribution in [0.15, 0.2) is 24.3 Å². The number of nitro benzene ring substituents is 1. The van der Waals surface area contributed by atoms with Crippen LogP contribution in [0.25, 0.3) is 0 Å². The quantitative estimate of drug-likeness (QED) is 0.309. The molecule has 0 aromatic heterocycles. The first kappa shape index (κ1) is 11.0. The van der Waals surface area contributed by atoms with Gasteiger partial charge in [0.1, 0.15) is 0 Å². The Balaban J connectivity index is 0.000000424. The van der Waals surface area contributed by atoms with Crippen LogP contribution in [0.1, 0.15) is 5.56 Å². The van der Waals surface area contributed by atoms with Crippen molar-refractivity contribution < 1.29 is 9.72 Å². The lowest BCUT2D eigenvalue weighted by molar-refractivity contribution is -0.385. The van der Waals surface area contributed by atoms with E-state index in [1.54, 1.807) is 25.1 Å². The average Bonchev–Trinajstić information content (AvgIpc) is 2.06. The Morgan fingerprint density at radius 2 is 1.92 bits per heavy atom. The second-order valence-corrected chi connectivity index (χ2v) is 2.15. The lowest BCUT2D eigenvalue weighted by atomic mass is 10.2. The SMILES string of the molecule is Cc1ccccc1[N+](=O)[O-].N=C=O. The molecule has 1 N–H and O–H groups in total. The zero-order valence-corrected chi connectivity index (χ0v) is 6.98. The summed E-state index contributed by atoms with van der Waals surface area (Å²) in [6.07, 6.45) is 0.750. The smallest absolute Gasteiger partial charge is 0.258 e. The summed E-state index contributed by atoms with van der Waals surface area (Å²) >= 11 is 0. The monoisotopic (exact) mass is 180 g/mol. The van der Waals surface area contributed by atoms with Crippen molar-refractivity contribution in [3.05, 3.63) is 39.9 Å². The summed E-state index contributed by atoms with van der Waals surface area (Å²) in [6.45, 7) is 1.72. The van der Waals surface area contributed by atoms with Gasteiger partial charge >= 0.3 is 0 Å². The average molecular weight is 180 g/mol. The summed E-state index contributed by atoms with van der Waals surface area (Å²) in [5.74, 6) is 0. The summed E-state index contributed by atoms with van der Waals surface area (Å²) < 4.78 is 0. The first-order valence-electron chi connectivity index (χ1n) is 3.37. The van der Waals surface area contributed by atoms with E-state index in [0.717, 1.165) is 6.08 Å². The molecule has 0 aliphatic heterocycles. The Bertz CT molecular complexity index is 330. The second-order valence-electron chi connectivity index (χ2n) is 2.15. The van der Waals surface area contributed by atoms with Crippen molar-refractivity contribution in [2.75, 3.05) is 0 Å². The molecule has 5 nitrogen and oxygen atoms in total. The maximum atomic E-state index is 10.2. The lowest BCUT2D eigenvalue weighted by Crippen LogP contribution is -1.89. The van der Waals surface area contributed by atoms with Crippen molar-refractivity contribution in [1.82, 2.24) is 0 Å². The number of carbonyl (C=O) groups excluding carboxylic acids is 1. The Hall–Kier alpha value is -2.00. The van der Waals surface area contributed by atoms with Gasteiger partial charge in [0.15, 0.2) is 0 Å². The maximum absolute atomic E-state index is 10.2. The molecule has 68 valence electrons. The van der Waals surface area contributed by atoms with Crippen LogP contribution in [0.5, 0.6) is 0 Å². The predicted octanol–water partition coefficient (Wildman–Crippen LogP) is 1.80. The molecule has 0 atom stereocenters. The van der Waals surface area contributed by atoms with Gasteiger partial charge < -0.3 is 0 Å². The first-order valence-corrected chi connectivity index (χ1v) is 3.37. The van der Waals surface area contributed by atoms with E-state index in [9.17, 15) is 10.1 Å². The van der Waals surface area contributed by atoms with E-state index in [2.05, 4.69) is 0 Å². The molecule has 0 saturated heterocycles. The number of benzene rings is 1. The molecule has 1 aromatic rings. The molecule has 0 fully saturated rings. The van der Waals surface area contributed by atoms with Gasteiger partial charge in [-0.2, -0.15) is 0 Å². The Morgan fingerprint density at radius 1 is 1.46 bits per heavy atom. The summed E-state index contributed by atoms with van der Waals surface area (Å²) in [7, 11) is 0. The van der Waals surface area contributed by atoms with Crippen LogP contribution >= 0.6 is 0 Å². The van der Waals surface area contributed by atoms with Crippen LogP contribution in [0.4, 0.5) is 5.69 Å². The summed E-state index contributed by atoms with van der Waals surface area (Å²) in [5.41, 5.74) is 0.884. The van der Waals surface area contributed by atoms with Crippen molar-refractivity contribution in [2.24, 2.45) is 0 Å². The molecule has 0 amide bonds. The van der Waals surface area contributed by atoms with Gasteiger partial charge in [-0.1, -0.05) is 18.2 Å². The molecule has 13 heavy (non-hydrogen) atoms. The van der Waals surface area contributed by atoms with E-state index >= 15 is 0 Å². The number of nitrogens with one attached hydrogen (secondary N) is 1. The molecule has 1 rings (SSSR count). The molecule has 1 aromatic carbocycles. The number of hydrogen-bond donors (Lipinski definition) is 1. The fourth-order valence-corrected chi connectivity index (χ4v) is 0.768. The molecule has 0 unspecified atom stereocenters. The molecule has 5 heteroatoms. The molecule has 0 spiro atoms. The van der Waals surface area contributed by atoms with Gasteiger partial charge in [-0.05, 0) is 6.92 Å². The van der Waals surface area contributed by atoms with Gasteiger partial charge in [-0.3, -0.25) is 10.1 Å². The molecule has 0 bridgehead atoms. The van der Waals surface area contributed by atoms with Crippen LogP contribution in [0.3, 0.4) is 0 Å². The van der Waals surface area contributed by atoms with Gasteiger partial charge in [0.2, 0.25) is 6.08 Å². The van der Waals surface area contributed by atoms with Crippen LogP contribution in [0, 0.1) is 22.4 Å². The Morgan fingerprint density at radius 3 is 2.23 bits per heavy atom. The predicted molar refractivity (Wildman–Crippen MR) is 46.2 cm³/mol. The highest BCUT2D eigenvalue weighted by atomic mass is 16.6. The van der Waals surface area contributed by atoms with Gasteiger partial charge in [0.25, 0.3) is 5.69 Å². The van der Waals surface area contributed by atoms with E-state index in [4.69, 9.17) is 10.2 Å². The van der Waals surface area contributed by atoms with Gasteiger partial charge in [-0.25, -0.2) is 10.2 Å². The van der Waals surface area contributed by atoms with E-state index in [1.165, 1.54) is 6.07 Å². The molecule has 0 saturated carbocycles. The largest absolute Gasteiger partial charge is 0.272 e. The number of rotatable bonds is 1. The Labute approximate surface area is 74.7 Å². The fourth-order valence-electron chi connectivity index (χ4n) is 0.768. The van der Waals surface area contributed by atoms with E-state index in [1.807, 2.05) is 0 Å². The van der Waals surface area contributed by atoms with E-state index < -0.39 is 0 Å². The summed E-state index contributed by atoms with van der Waals surface area (Å²) in [5, 5.41) is 15.6. The van der Waals surface area contributed by atoms with Crippen molar-refractivity contribution in [3.8, 4) is 0 Å². The third kappa shape index (κ3) is 3.79. The van der Waals surface area contributed by atoms with Crippen LogP contribution in [-0.2, 0) is 4.79 Å². The standard InChI is InChI=1S/C7H7NO2.CHNO/c1-6-4-2-3-5-7(6)8(9)10;2-1-3/h2-5H,1H3;2H. The third-order valence-electron chi connectivity index (χ3n) is 1.31. The molecule has 0 heterocycles. The molecule has 0 aliphatic rings. The zero-order valence-electron chi connectivity index (χ0n) is 6.98. The van der Waals surface area contributed by atoms with Gasteiger partial charge in [-0.15, -0.1) is 0 Å². The highest BCUT2D eigenvalue weighted by Gasteiger charge is 2.05. The first-order chi connectivity index (χ1) is 6.13. The highest BCUT2D eigenvalue weighted by Crippen LogP contribution is 2.14. The summed E-state index contributed by atoms with van der Waals surface area (Å²) in [6, 6.07) is 6.65. The molecular weight excluding hydrogens is 172 g/mol. The van der Waals surface area contributed by atoms with Gasteiger partial charge in [0.05, 0.1) is 4.92 Å². The lowest BCUT2D eigenvalue weighted by Gasteiger charge is -1.92. The highest BCUT2D eigenvalue weighted by molar-refractivity contribution is 5.38. The van der Waals surface area contributed by atoms with Crippen molar-refractivity contribution in [2.45, 2.75) is 6.92 Å². The fraction of sp³-hybridized carbons (Fsp3) is 0.125. The number of hydrogen-bond acceptors (Lipinski definition) is 4. The molecule has 0 radical (unpaired) electrons. The molecular formula is C8H8N2O3. The van der Waals surface area contributed by atoms with Crippen molar-refractivity contribution in [1.29, 1.82) is 5.41 Å². The normalized spacial score (nSPS) is 7.77. The second kappa shape index (κ2) is 5.62. The minimum atomic E-state index is -0.380. The summed E-state index contributed by atoms with van der Waals surface area (Å²) in [4.78, 5) is 18.2. The van der Waals surface area contributed by atoms with Crippen molar-refractivity contribution in [3.63, 3.8) is 0 Å². The van der Waals surface area contributed by atoms with E-state index in [0.29, 0.717) is 5.56 Å².